The molecule has 0 saturated carbocycles. The van der Waals surface area contributed by atoms with Crippen LogP contribution in [-0.2, 0) is 5.60 Å². The van der Waals surface area contributed by atoms with Crippen molar-refractivity contribution in [2.75, 3.05) is 12.3 Å². The maximum atomic E-state index is 12.7. The maximum absolute atomic E-state index is 12.7. The van der Waals surface area contributed by atoms with E-state index in [2.05, 4.69) is 133 Å². The molecule has 0 bridgehead atoms. The summed E-state index contributed by atoms with van der Waals surface area (Å²) in [4.78, 5) is 0. The first-order chi connectivity index (χ1) is 17.7. The number of aliphatic hydroxyl groups is 1. The summed E-state index contributed by atoms with van der Waals surface area (Å²) in [5.74, 6) is 0. The molecule has 0 heterocycles. The molecule has 0 radical (unpaired) electrons. The van der Waals surface area contributed by atoms with E-state index in [1.807, 2.05) is 18.2 Å². The van der Waals surface area contributed by atoms with E-state index in [9.17, 15) is 5.11 Å². The summed E-state index contributed by atoms with van der Waals surface area (Å²) in [6.07, 6.45) is 1.33. The molecule has 0 aliphatic heterocycles. The number of benzene rings is 5. The second-order valence-electron chi connectivity index (χ2n) is 8.91. The Labute approximate surface area is 217 Å². The van der Waals surface area contributed by atoms with Crippen molar-refractivity contribution < 1.29 is 5.11 Å². The van der Waals surface area contributed by atoms with Crippen molar-refractivity contribution >= 4 is 37.1 Å². The fraction of sp³-hybridized carbons (Fsp3) is 0.0909. The van der Waals surface area contributed by atoms with Crippen molar-refractivity contribution in [3.8, 4) is 0 Å². The van der Waals surface area contributed by atoms with Crippen LogP contribution in [0.2, 0.25) is 0 Å². The Morgan fingerprint density at radius 3 is 0.917 bits per heavy atom. The zero-order chi connectivity index (χ0) is 24.6. The van der Waals surface area contributed by atoms with Crippen LogP contribution in [0.3, 0.4) is 0 Å². The minimum Gasteiger partial charge on any atom is -0.384 e. The summed E-state index contributed by atoms with van der Waals surface area (Å²) in [6, 6.07) is 53.1. The quantitative estimate of drug-likeness (QED) is 0.239. The summed E-state index contributed by atoms with van der Waals surface area (Å²) >= 11 is 0. The van der Waals surface area contributed by atoms with Crippen LogP contribution >= 0.6 is 15.8 Å². The molecule has 0 aliphatic carbocycles. The van der Waals surface area contributed by atoms with E-state index in [1.54, 1.807) is 0 Å². The van der Waals surface area contributed by atoms with Gasteiger partial charge in [-0.05, 0) is 42.6 Å². The summed E-state index contributed by atoms with van der Waals surface area (Å²) < 4.78 is 0. The van der Waals surface area contributed by atoms with Gasteiger partial charge in [-0.15, -0.1) is 0 Å². The average Bonchev–Trinajstić information content (AvgIpc) is 2.97. The lowest BCUT2D eigenvalue weighted by atomic mass is 9.98. The van der Waals surface area contributed by atoms with Gasteiger partial charge in [0.15, 0.2) is 0 Å². The summed E-state index contributed by atoms with van der Waals surface area (Å²) in [7, 11) is -1.54. The minimum absolute atomic E-state index is 0.666. The Balaban J connectivity index is 1.61. The van der Waals surface area contributed by atoms with Crippen LogP contribution in [0.5, 0.6) is 0 Å². The van der Waals surface area contributed by atoms with Crippen LogP contribution in [0.1, 0.15) is 5.56 Å². The molecule has 5 rings (SSSR count). The Morgan fingerprint density at radius 2 is 0.639 bits per heavy atom. The van der Waals surface area contributed by atoms with Gasteiger partial charge >= 0.3 is 0 Å². The average molecular weight is 505 g/mol. The van der Waals surface area contributed by atoms with Gasteiger partial charge in [-0.1, -0.05) is 152 Å². The molecule has 0 saturated heterocycles. The normalized spacial score (nSPS) is 11.6. The molecule has 0 amide bonds. The first-order valence-electron chi connectivity index (χ1n) is 12.3. The number of hydrogen-bond donors (Lipinski definition) is 1. The van der Waals surface area contributed by atoms with E-state index in [4.69, 9.17) is 0 Å². The molecule has 0 aromatic heterocycles. The summed E-state index contributed by atoms with van der Waals surface area (Å²) in [6.45, 7) is 0. The van der Waals surface area contributed by atoms with Crippen molar-refractivity contribution in [3.05, 3.63) is 157 Å². The van der Waals surface area contributed by atoms with Crippen LogP contribution in [0.25, 0.3) is 0 Å². The van der Waals surface area contributed by atoms with Crippen molar-refractivity contribution in [1.82, 2.24) is 0 Å². The van der Waals surface area contributed by atoms with E-state index in [1.165, 1.54) is 21.2 Å². The highest BCUT2D eigenvalue weighted by molar-refractivity contribution is 7.74. The van der Waals surface area contributed by atoms with Crippen molar-refractivity contribution in [2.24, 2.45) is 0 Å². The standard InChI is InChI=1S/C33H30OP2/c34-33(28-16-6-1-7-17-28,26-35(29-18-8-2-9-19-29)30-20-10-3-11-21-30)27-36(31-22-12-4-13-23-31)32-24-14-5-15-25-32/h1-25,34H,26-27H2. The van der Waals surface area contributed by atoms with Crippen LogP contribution in [0, 0.1) is 0 Å². The molecular weight excluding hydrogens is 474 g/mol. The lowest BCUT2D eigenvalue weighted by Crippen LogP contribution is -2.38. The SMILES string of the molecule is OC(CP(c1ccccc1)c1ccccc1)(CP(c1ccccc1)c1ccccc1)c1ccccc1. The molecular formula is C33H30OP2. The lowest BCUT2D eigenvalue weighted by molar-refractivity contribution is 0.0876. The molecule has 178 valence electrons. The molecule has 36 heavy (non-hydrogen) atoms. The molecule has 0 aliphatic rings. The number of rotatable bonds is 9. The van der Waals surface area contributed by atoms with Crippen LogP contribution < -0.4 is 21.2 Å². The lowest BCUT2D eigenvalue weighted by Gasteiger charge is -2.36. The third kappa shape index (κ3) is 5.83. The molecule has 3 heteroatoms. The monoisotopic (exact) mass is 504 g/mol. The smallest absolute Gasteiger partial charge is 0.0986 e. The molecule has 0 unspecified atom stereocenters. The highest BCUT2D eigenvalue weighted by Gasteiger charge is 2.37. The first kappa shape index (κ1) is 24.6. The molecule has 1 nitrogen and oxygen atoms in total. The second-order valence-corrected chi connectivity index (χ2v) is 13.3. The Bertz CT molecular complexity index is 1160. The van der Waals surface area contributed by atoms with Gasteiger partial charge in [0.2, 0.25) is 0 Å². The fourth-order valence-corrected chi connectivity index (χ4v) is 9.87. The molecule has 0 fully saturated rings. The van der Waals surface area contributed by atoms with Gasteiger partial charge in [-0.3, -0.25) is 0 Å². The predicted molar refractivity (Wildman–Crippen MR) is 158 cm³/mol. The van der Waals surface area contributed by atoms with E-state index >= 15 is 0 Å². The van der Waals surface area contributed by atoms with E-state index in [0.29, 0.717) is 12.3 Å². The van der Waals surface area contributed by atoms with Crippen LogP contribution in [0.15, 0.2) is 152 Å². The van der Waals surface area contributed by atoms with E-state index in [-0.39, 0.29) is 0 Å². The molecule has 5 aromatic rings. The predicted octanol–water partition coefficient (Wildman–Crippen LogP) is 6.14. The van der Waals surface area contributed by atoms with Gasteiger partial charge in [-0.2, -0.15) is 0 Å². The molecule has 0 spiro atoms. The van der Waals surface area contributed by atoms with Gasteiger partial charge < -0.3 is 5.11 Å². The van der Waals surface area contributed by atoms with Gasteiger partial charge in [0.05, 0.1) is 5.60 Å². The topological polar surface area (TPSA) is 20.2 Å². The van der Waals surface area contributed by atoms with Gasteiger partial charge in [0.25, 0.3) is 0 Å². The molecule has 0 atom stereocenters. The zero-order valence-electron chi connectivity index (χ0n) is 20.2. The van der Waals surface area contributed by atoms with E-state index < -0.39 is 21.4 Å². The van der Waals surface area contributed by atoms with E-state index in [0.717, 1.165) is 5.56 Å². The minimum atomic E-state index is -0.990. The van der Waals surface area contributed by atoms with Crippen LogP contribution in [0.4, 0.5) is 0 Å². The highest BCUT2D eigenvalue weighted by atomic mass is 31.1. The summed E-state index contributed by atoms with van der Waals surface area (Å²) in [5, 5.41) is 17.9. The maximum Gasteiger partial charge on any atom is 0.0986 e. The highest BCUT2D eigenvalue weighted by Crippen LogP contribution is 2.47. The summed E-state index contributed by atoms with van der Waals surface area (Å²) in [5.41, 5.74) is -0.000487. The van der Waals surface area contributed by atoms with Gasteiger partial charge in [-0.25, -0.2) is 0 Å². The Hall–Kier alpha value is -3.08. The van der Waals surface area contributed by atoms with Crippen LogP contribution in [-0.4, -0.2) is 17.4 Å². The van der Waals surface area contributed by atoms with Crippen molar-refractivity contribution in [3.63, 3.8) is 0 Å². The van der Waals surface area contributed by atoms with Gasteiger partial charge in [0.1, 0.15) is 0 Å². The van der Waals surface area contributed by atoms with Gasteiger partial charge in [0, 0.05) is 12.3 Å². The third-order valence-electron chi connectivity index (χ3n) is 6.42. The fourth-order valence-electron chi connectivity index (χ4n) is 4.60. The van der Waals surface area contributed by atoms with Crippen molar-refractivity contribution in [2.45, 2.75) is 5.60 Å². The second kappa shape index (κ2) is 11.8. The van der Waals surface area contributed by atoms with Crippen molar-refractivity contribution in [1.29, 1.82) is 0 Å². The first-order valence-corrected chi connectivity index (χ1v) is 15.3. The zero-order valence-corrected chi connectivity index (χ0v) is 22.0. The molecule has 5 aromatic carbocycles. The third-order valence-corrected chi connectivity index (χ3v) is 11.8. The Morgan fingerprint density at radius 1 is 0.389 bits per heavy atom. The largest absolute Gasteiger partial charge is 0.384 e. The molecule has 1 N–H and O–H groups in total. The Kier molecular flexibility index (Phi) is 8.04. The number of hydrogen-bond acceptors (Lipinski definition) is 1.